The molecule has 2 aromatic heterocycles. The molecule has 0 atom stereocenters. The van der Waals surface area contributed by atoms with Gasteiger partial charge in [0, 0.05) is 29.4 Å². The molecule has 0 unspecified atom stereocenters. The highest BCUT2D eigenvalue weighted by Crippen LogP contribution is 2.33. The highest BCUT2D eigenvalue weighted by atomic mass is 32.2. The fourth-order valence-corrected chi connectivity index (χ4v) is 4.60. The van der Waals surface area contributed by atoms with Crippen LogP contribution in [0.4, 0.5) is 5.82 Å². The highest BCUT2D eigenvalue weighted by molar-refractivity contribution is 8.00. The third kappa shape index (κ3) is 3.61. The molecule has 5 heteroatoms. The Kier molecular flexibility index (Phi) is 4.57. The van der Waals surface area contributed by atoms with Crippen molar-refractivity contribution in [1.29, 1.82) is 0 Å². The van der Waals surface area contributed by atoms with Crippen molar-refractivity contribution in [3.63, 3.8) is 0 Å². The fraction of sp³-hybridized carbons (Fsp3) is 0.350. The van der Waals surface area contributed by atoms with Crippen LogP contribution in [0.5, 0.6) is 0 Å². The minimum Gasteiger partial charge on any atom is -0.356 e. The maximum atomic E-state index is 4.71. The summed E-state index contributed by atoms with van der Waals surface area (Å²) >= 11 is 2.01. The largest absolute Gasteiger partial charge is 0.356 e. The number of hydrogen-bond donors (Lipinski definition) is 0. The minimum absolute atomic E-state index is 0.672. The van der Waals surface area contributed by atoms with Crippen molar-refractivity contribution in [3.8, 4) is 0 Å². The van der Waals surface area contributed by atoms with Crippen LogP contribution in [0.15, 0.2) is 47.5 Å². The van der Waals surface area contributed by atoms with Crippen LogP contribution in [0, 0.1) is 13.8 Å². The Morgan fingerprint density at radius 1 is 1.04 bits per heavy atom. The number of nitrogens with zero attached hydrogens (tertiary/aromatic N) is 4. The molecule has 0 saturated carbocycles. The number of fused-ring (bicyclic) bond motifs is 1. The van der Waals surface area contributed by atoms with Gasteiger partial charge in [-0.25, -0.2) is 15.0 Å². The molecular formula is C20H22N4S. The lowest BCUT2D eigenvalue weighted by Crippen LogP contribution is -2.35. The normalized spacial score (nSPS) is 15.7. The van der Waals surface area contributed by atoms with E-state index in [4.69, 9.17) is 4.98 Å². The van der Waals surface area contributed by atoms with Gasteiger partial charge in [-0.3, -0.25) is 0 Å². The van der Waals surface area contributed by atoms with Crippen LogP contribution in [0.25, 0.3) is 11.0 Å². The van der Waals surface area contributed by atoms with E-state index in [1.807, 2.05) is 24.8 Å². The van der Waals surface area contributed by atoms with Crippen LogP contribution in [0.1, 0.15) is 24.2 Å². The van der Waals surface area contributed by atoms with Crippen molar-refractivity contribution in [3.05, 3.63) is 54.0 Å². The van der Waals surface area contributed by atoms with E-state index in [1.54, 1.807) is 6.20 Å². The third-order valence-corrected chi connectivity index (χ3v) is 5.93. The molecule has 3 heterocycles. The summed E-state index contributed by atoms with van der Waals surface area (Å²) in [4.78, 5) is 17.3. The maximum absolute atomic E-state index is 4.71. The monoisotopic (exact) mass is 350 g/mol. The van der Waals surface area contributed by atoms with Crippen LogP contribution in [0.3, 0.4) is 0 Å². The molecule has 1 fully saturated rings. The van der Waals surface area contributed by atoms with Crippen molar-refractivity contribution in [2.24, 2.45) is 0 Å². The van der Waals surface area contributed by atoms with Gasteiger partial charge in [0.05, 0.1) is 5.39 Å². The van der Waals surface area contributed by atoms with Crippen molar-refractivity contribution in [1.82, 2.24) is 15.0 Å². The Morgan fingerprint density at radius 2 is 1.88 bits per heavy atom. The summed E-state index contributed by atoms with van der Waals surface area (Å²) in [5.41, 5.74) is 2.12. The lowest BCUT2D eigenvalue weighted by molar-refractivity contribution is 0.587. The van der Waals surface area contributed by atoms with E-state index in [-0.39, 0.29) is 0 Å². The molecule has 1 aromatic carbocycles. The van der Waals surface area contributed by atoms with Crippen LogP contribution in [-0.2, 0) is 0 Å². The summed E-state index contributed by atoms with van der Waals surface area (Å²) in [6.07, 6.45) is 4.14. The van der Waals surface area contributed by atoms with E-state index < -0.39 is 0 Å². The Hall–Kier alpha value is -2.14. The number of anilines is 1. The molecule has 0 radical (unpaired) electrons. The molecular weight excluding hydrogens is 328 g/mol. The maximum Gasteiger partial charge on any atom is 0.164 e. The first-order chi connectivity index (χ1) is 12.2. The first kappa shape index (κ1) is 16.3. The van der Waals surface area contributed by atoms with Crippen LogP contribution in [0.2, 0.25) is 0 Å². The molecule has 1 saturated heterocycles. The summed E-state index contributed by atoms with van der Waals surface area (Å²) in [6.45, 7) is 6.16. The van der Waals surface area contributed by atoms with E-state index in [2.05, 4.69) is 52.1 Å². The second-order valence-corrected chi connectivity index (χ2v) is 7.96. The molecule has 25 heavy (non-hydrogen) atoms. The first-order valence-electron chi connectivity index (χ1n) is 8.77. The zero-order valence-corrected chi connectivity index (χ0v) is 15.5. The molecule has 1 aliphatic heterocycles. The molecule has 128 valence electrons. The second-order valence-electron chi connectivity index (χ2n) is 6.59. The minimum atomic E-state index is 0.672. The van der Waals surface area contributed by atoms with Gasteiger partial charge in [-0.2, -0.15) is 0 Å². The van der Waals surface area contributed by atoms with Gasteiger partial charge in [0.1, 0.15) is 11.6 Å². The van der Waals surface area contributed by atoms with E-state index in [0.717, 1.165) is 35.8 Å². The lowest BCUT2D eigenvalue weighted by Gasteiger charge is -2.33. The van der Waals surface area contributed by atoms with E-state index in [0.29, 0.717) is 5.25 Å². The number of benzene rings is 1. The van der Waals surface area contributed by atoms with Crippen molar-refractivity contribution in [2.75, 3.05) is 18.0 Å². The summed E-state index contributed by atoms with van der Waals surface area (Å²) in [5.74, 6) is 1.83. The van der Waals surface area contributed by atoms with Gasteiger partial charge in [0.2, 0.25) is 0 Å². The Morgan fingerprint density at radius 3 is 2.68 bits per heavy atom. The molecule has 3 aromatic rings. The Balaban J connectivity index is 1.49. The number of piperidine rings is 1. The predicted octanol–water partition coefficient (Wildman–Crippen LogP) is 4.40. The molecule has 0 amide bonds. The molecule has 0 aliphatic carbocycles. The zero-order chi connectivity index (χ0) is 17.2. The van der Waals surface area contributed by atoms with Gasteiger partial charge in [-0.1, -0.05) is 17.7 Å². The zero-order valence-electron chi connectivity index (χ0n) is 14.6. The lowest BCUT2D eigenvalue weighted by atomic mass is 10.1. The van der Waals surface area contributed by atoms with Crippen molar-refractivity contribution in [2.45, 2.75) is 36.8 Å². The molecule has 0 spiro atoms. The number of aryl methyl sites for hydroxylation is 2. The second kappa shape index (κ2) is 7.00. The molecule has 4 nitrogen and oxygen atoms in total. The number of thioether (sulfide) groups is 1. The van der Waals surface area contributed by atoms with Gasteiger partial charge in [0.15, 0.2) is 5.65 Å². The van der Waals surface area contributed by atoms with E-state index in [9.17, 15) is 0 Å². The predicted molar refractivity (Wildman–Crippen MR) is 104 cm³/mol. The molecule has 4 rings (SSSR count). The Bertz CT molecular complexity index is 888. The van der Waals surface area contributed by atoms with Gasteiger partial charge in [0.25, 0.3) is 0 Å². The highest BCUT2D eigenvalue weighted by Gasteiger charge is 2.23. The standard InChI is InChI=1S/C20H22N4S/c1-14-5-3-6-17(13-14)25-16-8-11-24(12-9-16)20-18-7-4-10-21-19(18)22-15(2)23-20/h3-7,10,13,16H,8-9,11-12H2,1-2H3. The topological polar surface area (TPSA) is 41.9 Å². The Labute approximate surface area is 152 Å². The molecule has 0 N–H and O–H groups in total. The number of aromatic nitrogens is 3. The van der Waals surface area contributed by atoms with Crippen LogP contribution < -0.4 is 4.90 Å². The quantitative estimate of drug-likeness (QED) is 0.700. The summed E-state index contributed by atoms with van der Waals surface area (Å²) < 4.78 is 0. The fourth-order valence-electron chi connectivity index (χ4n) is 3.36. The third-order valence-electron chi connectivity index (χ3n) is 4.60. The van der Waals surface area contributed by atoms with Crippen molar-refractivity contribution < 1.29 is 0 Å². The summed E-state index contributed by atoms with van der Waals surface area (Å²) in [7, 11) is 0. The smallest absolute Gasteiger partial charge is 0.164 e. The van der Waals surface area contributed by atoms with Gasteiger partial charge < -0.3 is 4.90 Å². The van der Waals surface area contributed by atoms with Crippen LogP contribution >= 0.6 is 11.8 Å². The molecule has 1 aliphatic rings. The van der Waals surface area contributed by atoms with E-state index >= 15 is 0 Å². The average Bonchev–Trinajstić information content (AvgIpc) is 2.62. The number of rotatable bonds is 3. The van der Waals surface area contributed by atoms with E-state index in [1.165, 1.54) is 23.3 Å². The number of pyridine rings is 1. The van der Waals surface area contributed by atoms with Crippen LogP contribution in [-0.4, -0.2) is 33.3 Å². The first-order valence-corrected chi connectivity index (χ1v) is 9.64. The summed E-state index contributed by atoms with van der Waals surface area (Å²) in [5, 5.41) is 1.73. The number of hydrogen-bond acceptors (Lipinski definition) is 5. The SMILES string of the molecule is Cc1cccc(SC2CCN(c3nc(C)nc4ncccc34)CC2)c1. The summed E-state index contributed by atoms with van der Waals surface area (Å²) in [6, 6.07) is 12.8. The van der Waals surface area contributed by atoms with Crippen molar-refractivity contribution >= 4 is 28.6 Å². The van der Waals surface area contributed by atoms with Gasteiger partial charge >= 0.3 is 0 Å². The average molecular weight is 350 g/mol. The van der Waals surface area contributed by atoms with Gasteiger partial charge in [-0.15, -0.1) is 11.8 Å². The van der Waals surface area contributed by atoms with Gasteiger partial charge in [-0.05, 0) is 51.0 Å². The molecule has 0 bridgehead atoms.